The Kier molecular flexibility index (Phi) is 3.19. The highest BCUT2D eigenvalue weighted by Crippen LogP contribution is 2.60. The quantitative estimate of drug-likeness (QED) is 0.568. The summed E-state index contributed by atoms with van der Waals surface area (Å²) in [4.78, 5) is 0. The fraction of sp³-hybridized carbons (Fsp3) is 0.250. The lowest BCUT2D eigenvalue weighted by Gasteiger charge is -2.00. The summed E-state index contributed by atoms with van der Waals surface area (Å²) in [7, 11) is 0. The number of alkyl halides is 1. The van der Waals surface area contributed by atoms with Crippen molar-refractivity contribution in [3.05, 3.63) is 71.8 Å². The zero-order chi connectivity index (χ0) is 11.7. The number of halogens is 1. The van der Waals surface area contributed by atoms with Crippen LogP contribution in [0.2, 0.25) is 0 Å². The molecule has 1 heteroatoms. The molecule has 0 N–H and O–H groups in total. The predicted octanol–water partition coefficient (Wildman–Crippen LogP) is 4.62. The van der Waals surface area contributed by atoms with Crippen LogP contribution in [0.25, 0.3) is 0 Å². The highest BCUT2D eigenvalue weighted by atomic mass is 127. The molecule has 0 nitrogen and oxygen atoms in total. The van der Waals surface area contributed by atoms with Gasteiger partial charge in [-0.05, 0) is 28.9 Å². The SMILES string of the molecule is ICC1C(c2ccccc2)[C@H]1c1ccccc1. The van der Waals surface area contributed by atoms with Crippen molar-refractivity contribution in [1.82, 2.24) is 0 Å². The molecule has 17 heavy (non-hydrogen) atoms. The van der Waals surface area contributed by atoms with Crippen LogP contribution in [0.5, 0.6) is 0 Å². The molecule has 1 aliphatic carbocycles. The third-order valence-corrected chi connectivity index (χ3v) is 4.73. The van der Waals surface area contributed by atoms with E-state index in [0.717, 1.165) is 17.8 Å². The molecule has 0 radical (unpaired) electrons. The van der Waals surface area contributed by atoms with E-state index < -0.39 is 0 Å². The maximum atomic E-state index is 2.52. The first kappa shape index (κ1) is 11.3. The monoisotopic (exact) mass is 334 g/mol. The van der Waals surface area contributed by atoms with Crippen LogP contribution in [0.15, 0.2) is 60.7 Å². The lowest BCUT2D eigenvalue weighted by molar-refractivity contribution is 0.927. The Bertz CT molecular complexity index is 432. The lowest BCUT2D eigenvalue weighted by atomic mass is 10.0. The summed E-state index contributed by atoms with van der Waals surface area (Å²) in [5, 5.41) is 0. The van der Waals surface area contributed by atoms with E-state index in [4.69, 9.17) is 0 Å². The molecule has 0 aromatic heterocycles. The van der Waals surface area contributed by atoms with Gasteiger partial charge in [0.15, 0.2) is 0 Å². The maximum absolute atomic E-state index is 2.52. The fourth-order valence-corrected chi connectivity index (χ4v) is 3.92. The van der Waals surface area contributed by atoms with Gasteiger partial charge in [-0.15, -0.1) is 0 Å². The second-order valence-corrected chi connectivity index (χ2v) is 5.57. The summed E-state index contributed by atoms with van der Waals surface area (Å²) in [5.41, 5.74) is 3.01. The van der Waals surface area contributed by atoms with Crippen molar-refractivity contribution in [2.45, 2.75) is 11.8 Å². The molecule has 2 aromatic rings. The molecule has 1 fully saturated rings. The van der Waals surface area contributed by atoms with Gasteiger partial charge in [0.25, 0.3) is 0 Å². The van der Waals surface area contributed by atoms with Crippen molar-refractivity contribution in [2.24, 2.45) is 5.92 Å². The van der Waals surface area contributed by atoms with Crippen LogP contribution >= 0.6 is 22.6 Å². The first-order valence-corrected chi connectivity index (χ1v) is 7.60. The molecule has 0 spiro atoms. The van der Waals surface area contributed by atoms with Crippen LogP contribution in [-0.4, -0.2) is 4.43 Å². The van der Waals surface area contributed by atoms with Gasteiger partial charge in [0.1, 0.15) is 0 Å². The molecule has 0 aliphatic heterocycles. The van der Waals surface area contributed by atoms with E-state index in [-0.39, 0.29) is 0 Å². The highest BCUT2D eigenvalue weighted by Gasteiger charge is 2.50. The molecule has 1 aliphatic rings. The van der Waals surface area contributed by atoms with E-state index in [1.807, 2.05) is 0 Å². The zero-order valence-corrected chi connectivity index (χ0v) is 11.7. The van der Waals surface area contributed by atoms with Crippen molar-refractivity contribution in [3.8, 4) is 0 Å². The minimum atomic E-state index is 0.732. The Morgan fingerprint density at radius 3 is 1.47 bits per heavy atom. The van der Waals surface area contributed by atoms with E-state index >= 15 is 0 Å². The Balaban J connectivity index is 1.88. The minimum absolute atomic E-state index is 0.732. The highest BCUT2D eigenvalue weighted by molar-refractivity contribution is 14.1. The second kappa shape index (κ2) is 4.81. The van der Waals surface area contributed by atoms with Gasteiger partial charge < -0.3 is 0 Å². The van der Waals surface area contributed by atoms with Crippen LogP contribution in [-0.2, 0) is 0 Å². The Morgan fingerprint density at radius 1 is 0.706 bits per heavy atom. The van der Waals surface area contributed by atoms with E-state index in [1.54, 1.807) is 0 Å². The first-order chi connectivity index (χ1) is 8.42. The Hall–Kier alpha value is -0.830. The zero-order valence-electron chi connectivity index (χ0n) is 9.59. The van der Waals surface area contributed by atoms with Crippen molar-refractivity contribution >= 4 is 22.6 Å². The fourth-order valence-electron chi connectivity index (χ4n) is 2.83. The molecular formula is C16H15I. The van der Waals surface area contributed by atoms with Crippen molar-refractivity contribution in [3.63, 3.8) is 0 Å². The van der Waals surface area contributed by atoms with Gasteiger partial charge >= 0.3 is 0 Å². The number of hydrogen-bond acceptors (Lipinski definition) is 0. The van der Waals surface area contributed by atoms with Crippen molar-refractivity contribution < 1.29 is 0 Å². The maximum Gasteiger partial charge on any atom is 0.00358 e. The van der Waals surface area contributed by atoms with Gasteiger partial charge in [-0.1, -0.05) is 83.3 Å². The molecule has 0 amide bonds. The molecule has 2 aromatic carbocycles. The number of benzene rings is 2. The third-order valence-electron chi connectivity index (χ3n) is 3.72. The van der Waals surface area contributed by atoms with Crippen molar-refractivity contribution in [1.29, 1.82) is 0 Å². The van der Waals surface area contributed by atoms with Gasteiger partial charge in [0.05, 0.1) is 0 Å². The summed E-state index contributed by atoms with van der Waals surface area (Å²) < 4.78 is 1.25. The van der Waals surface area contributed by atoms with Gasteiger partial charge in [0.2, 0.25) is 0 Å². The minimum Gasteiger partial charge on any atom is -0.0860 e. The van der Waals surface area contributed by atoms with Gasteiger partial charge in [-0.3, -0.25) is 0 Å². The molecule has 3 rings (SSSR count). The number of hydrogen-bond donors (Lipinski definition) is 0. The molecule has 1 saturated carbocycles. The van der Waals surface area contributed by atoms with Gasteiger partial charge in [0, 0.05) is 4.43 Å². The molecule has 3 atom stereocenters. The largest absolute Gasteiger partial charge is 0.0860 e. The first-order valence-electron chi connectivity index (χ1n) is 6.07. The molecule has 0 bridgehead atoms. The van der Waals surface area contributed by atoms with Crippen LogP contribution in [0, 0.1) is 5.92 Å². The summed E-state index contributed by atoms with van der Waals surface area (Å²) in [5.74, 6) is 2.28. The second-order valence-electron chi connectivity index (χ2n) is 4.69. The van der Waals surface area contributed by atoms with Crippen LogP contribution in [0.4, 0.5) is 0 Å². The predicted molar refractivity (Wildman–Crippen MR) is 80.7 cm³/mol. The molecule has 86 valence electrons. The molecule has 0 heterocycles. The summed E-state index contributed by atoms with van der Waals surface area (Å²) in [6, 6.07) is 21.9. The number of rotatable bonds is 3. The summed E-state index contributed by atoms with van der Waals surface area (Å²) in [6.07, 6.45) is 0. The molecule has 0 saturated heterocycles. The van der Waals surface area contributed by atoms with E-state index in [0.29, 0.717) is 0 Å². The molecule has 2 unspecified atom stereocenters. The Morgan fingerprint density at radius 2 is 1.12 bits per heavy atom. The van der Waals surface area contributed by atoms with E-state index in [1.165, 1.54) is 15.6 Å². The Labute approximate surface area is 116 Å². The summed E-state index contributed by atoms with van der Waals surface area (Å²) >= 11 is 2.52. The lowest BCUT2D eigenvalue weighted by Crippen LogP contribution is -1.82. The van der Waals surface area contributed by atoms with Crippen LogP contribution in [0.1, 0.15) is 23.0 Å². The average molecular weight is 334 g/mol. The normalized spacial score (nSPS) is 26.8. The van der Waals surface area contributed by atoms with E-state index in [2.05, 4.69) is 83.3 Å². The van der Waals surface area contributed by atoms with Crippen LogP contribution < -0.4 is 0 Å². The average Bonchev–Trinajstić information content (AvgIpc) is 3.15. The topological polar surface area (TPSA) is 0 Å². The van der Waals surface area contributed by atoms with Gasteiger partial charge in [-0.25, -0.2) is 0 Å². The summed E-state index contributed by atoms with van der Waals surface area (Å²) in [6.45, 7) is 0. The third kappa shape index (κ3) is 2.13. The van der Waals surface area contributed by atoms with Crippen molar-refractivity contribution in [2.75, 3.05) is 4.43 Å². The standard InChI is InChI=1S/C16H15I/c17-11-14-15(12-7-3-1-4-8-12)16(14)13-9-5-2-6-10-13/h1-10,14-16H,11H2/t14?,15-,16?/m0/s1. The van der Waals surface area contributed by atoms with Crippen LogP contribution in [0.3, 0.4) is 0 Å². The smallest absolute Gasteiger partial charge is 0.00358 e. The van der Waals surface area contributed by atoms with E-state index in [9.17, 15) is 0 Å². The molecular weight excluding hydrogens is 319 g/mol. The van der Waals surface area contributed by atoms with Gasteiger partial charge in [-0.2, -0.15) is 0 Å².